The van der Waals surface area contributed by atoms with Crippen molar-refractivity contribution in [1.82, 2.24) is 19.6 Å². The van der Waals surface area contributed by atoms with Crippen molar-refractivity contribution < 1.29 is 13.9 Å². The number of aromatic nitrogens is 2. The lowest BCUT2D eigenvalue weighted by atomic mass is 9.98. The predicted octanol–water partition coefficient (Wildman–Crippen LogP) is 2.39. The molecule has 1 amide bonds. The van der Waals surface area contributed by atoms with Gasteiger partial charge in [-0.2, -0.15) is 5.10 Å². The molecule has 0 saturated carbocycles. The molecule has 4 heterocycles. The van der Waals surface area contributed by atoms with Crippen molar-refractivity contribution in [3.8, 4) is 0 Å². The summed E-state index contributed by atoms with van der Waals surface area (Å²) in [4.78, 5) is 17.4. The fourth-order valence-corrected chi connectivity index (χ4v) is 4.00. The highest BCUT2D eigenvalue weighted by Crippen LogP contribution is 2.23. The Morgan fingerprint density at radius 1 is 1.22 bits per heavy atom. The molecular formula is C20H28N4O3. The molecule has 4 rings (SSSR count). The number of piperidine rings is 1. The first-order valence-corrected chi connectivity index (χ1v) is 9.95. The van der Waals surface area contributed by atoms with Crippen LogP contribution in [0.15, 0.2) is 35.2 Å². The molecule has 0 N–H and O–H groups in total. The van der Waals surface area contributed by atoms with Gasteiger partial charge in [-0.25, -0.2) is 0 Å². The predicted molar refractivity (Wildman–Crippen MR) is 100 cm³/mol. The van der Waals surface area contributed by atoms with Gasteiger partial charge in [0, 0.05) is 44.6 Å². The monoisotopic (exact) mass is 372 g/mol. The maximum Gasteiger partial charge on any atom is 0.257 e. The highest BCUT2D eigenvalue weighted by atomic mass is 16.5. The Morgan fingerprint density at radius 3 is 2.93 bits per heavy atom. The van der Waals surface area contributed by atoms with E-state index in [9.17, 15) is 4.79 Å². The molecule has 2 saturated heterocycles. The number of ether oxygens (including phenoxy) is 1. The molecule has 7 nitrogen and oxygen atoms in total. The first-order valence-electron chi connectivity index (χ1n) is 9.95. The van der Waals surface area contributed by atoms with Gasteiger partial charge in [-0.1, -0.05) is 0 Å². The Balaban J connectivity index is 1.37. The Labute approximate surface area is 159 Å². The lowest BCUT2D eigenvalue weighted by molar-refractivity contribution is 0.0313. The maximum atomic E-state index is 13.1. The molecule has 0 spiro atoms. The van der Waals surface area contributed by atoms with Gasteiger partial charge in [0.05, 0.1) is 25.3 Å². The molecular weight excluding hydrogens is 344 g/mol. The van der Waals surface area contributed by atoms with E-state index in [2.05, 4.69) is 10.00 Å². The molecule has 0 aliphatic carbocycles. The molecule has 2 aliphatic heterocycles. The van der Waals surface area contributed by atoms with Gasteiger partial charge in [0.2, 0.25) is 0 Å². The minimum Gasteiger partial charge on any atom is -0.467 e. The number of rotatable bonds is 6. The molecule has 2 aromatic rings. The SMILES string of the molecule is O=C(c1coc(CN2CCOCC2)c1)N1CCCCC1CCn1cccn1. The summed E-state index contributed by atoms with van der Waals surface area (Å²) < 4.78 is 13.0. The number of furan rings is 1. The zero-order chi connectivity index (χ0) is 18.5. The molecule has 1 atom stereocenters. The Kier molecular flexibility index (Phi) is 5.89. The molecule has 2 aromatic heterocycles. The highest BCUT2D eigenvalue weighted by molar-refractivity contribution is 5.94. The van der Waals surface area contributed by atoms with Crippen LogP contribution in [0.5, 0.6) is 0 Å². The summed E-state index contributed by atoms with van der Waals surface area (Å²) in [6.45, 7) is 5.74. The second-order valence-electron chi connectivity index (χ2n) is 7.40. The fraction of sp³-hybridized carbons (Fsp3) is 0.600. The lowest BCUT2D eigenvalue weighted by Crippen LogP contribution is -2.44. The summed E-state index contributed by atoms with van der Waals surface area (Å²) in [7, 11) is 0. The number of aryl methyl sites for hydroxylation is 1. The van der Waals surface area contributed by atoms with E-state index >= 15 is 0 Å². The molecule has 146 valence electrons. The van der Waals surface area contributed by atoms with Crippen molar-refractivity contribution in [3.63, 3.8) is 0 Å². The van der Waals surface area contributed by atoms with Crippen LogP contribution in [0.25, 0.3) is 0 Å². The molecule has 0 radical (unpaired) electrons. The molecule has 2 aliphatic rings. The summed E-state index contributed by atoms with van der Waals surface area (Å²) in [6, 6.07) is 4.12. The minimum atomic E-state index is 0.0946. The van der Waals surface area contributed by atoms with Crippen molar-refractivity contribution in [1.29, 1.82) is 0 Å². The van der Waals surface area contributed by atoms with Crippen molar-refractivity contribution in [2.24, 2.45) is 0 Å². The van der Waals surface area contributed by atoms with Gasteiger partial charge in [0.15, 0.2) is 0 Å². The zero-order valence-corrected chi connectivity index (χ0v) is 15.8. The first kappa shape index (κ1) is 18.3. The lowest BCUT2D eigenvalue weighted by Gasteiger charge is -2.35. The van der Waals surface area contributed by atoms with Crippen LogP contribution in [0.2, 0.25) is 0 Å². The van der Waals surface area contributed by atoms with E-state index in [1.165, 1.54) is 6.42 Å². The van der Waals surface area contributed by atoms with Crippen molar-refractivity contribution >= 4 is 5.91 Å². The van der Waals surface area contributed by atoms with Crippen LogP contribution < -0.4 is 0 Å². The molecule has 7 heteroatoms. The summed E-state index contributed by atoms with van der Waals surface area (Å²) in [5.41, 5.74) is 0.671. The van der Waals surface area contributed by atoms with Gasteiger partial charge in [0.1, 0.15) is 12.0 Å². The smallest absolute Gasteiger partial charge is 0.257 e. The van der Waals surface area contributed by atoms with E-state index < -0.39 is 0 Å². The second kappa shape index (κ2) is 8.71. The van der Waals surface area contributed by atoms with Crippen LogP contribution in [0.4, 0.5) is 0 Å². The van der Waals surface area contributed by atoms with E-state index in [-0.39, 0.29) is 11.9 Å². The van der Waals surface area contributed by atoms with Crippen LogP contribution in [-0.2, 0) is 17.8 Å². The second-order valence-corrected chi connectivity index (χ2v) is 7.40. The highest BCUT2D eigenvalue weighted by Gasteiger charge is 2.28. The van der Waals surface area contributed by atoms with Crippen LogP contribution in [0.1, 0.15) is 41.8 Å². The van der Waals surface area contributed by atoms with Crippen LogP contribution >= 0.6 is 0 Å². The number of nitrogens with zero attached hydrogens (tertiary/aromatic N) is 4. The molecule has 2 fully saturated rings. The normalized spacial score (nSPS) is 21.5. The van der Waals surface area contributed by atoms with Gasteiger partial charge in [-0.15, -0.1) is 0 Å². The van der Waals surface area contributed by atoms with Gasteiger partial charge in [-0.05, 0) is 37.8 Å². The van der Waals surface area contributed by atoms with Crippen LogP contribution in [-0.4, -0.2) is 64.4 Å². The van der Waals surface area contributed by atoms with Crippen molar-refractivity contribution in [3.05, 3.63) is 42.1 Å². The average molecular weight is 372 g/mol. The number of carbonyl (C=O) groups is 1. The zero-order valence-electron chi connectivity index (χ0n) is 15.8. The van der Waals surface area contributed by atoms with Crippen molar-refractivity contribution in [2.75, 3.05) is 32.8 Å². The standard InChI is InChI=1S/C20H28N4O3/c25-20(17-14-19(27-16-17)15-22-10-12-26-13-11-22)24-8-2-1-4-18(24)5-9-23-7-3-6-21-23/h3,6-7,14,16,18H,1-2,4-5,8-13,15H2. The van der Waals surface area contributed by atoms with Gasteiger partial charge >= 0.3 is 0 Å². The number of carbonyl (C=O) groups excluding carboxylic acids is 1. The summed E-state index contributed by atoms with van der Waals surface area (Å²) in [5, 5.41) is 4.27. The topological polar surface area (TPSA) is 63.7 Å². The molecule has 0 bridgehead atoms. The van der Waals surface area contributed by atoms with E-state index in [1.807, 2.05) is 27.9 Å². The van der Waals surface area contributed by atoms with Crippen LogP contribution in [0, 0.1) is 0 Å². The maximum absolute atomic E-state index is 13.1. The quantitative estimate of drug-likeness (QED) is 0.779. The van der Waals surface area contributed by atoms with E-state index in [1.54, 1.807) is 12.5 Å². The Bertz CT molecular complexity index is 721. The summed E-state index contributed by atoms with van der Waals surface area (Å²) in [5.74, 6) is 0.947. The van der Waals surface area contributed by atoms with Crippen molar-refractivity contribution in [2.45, 2.75) is 44.8 Å². The number of amides is 1. The van der Waals surface area contributed by atoms with Gasteiger partial charge in [-0.3, -0.25) is 14.4 Å². The number of hydrogen-bond donors (Lipinski definition) is 0. The van der Waals surface area contributed by atoms with Gasteiger partial charge in [0.25, 0.3) is 5.91 Å². The third kappa shape index (κ3) is 4.59. The fourth-order valence-electron chi connectivity index (χ4n) is 4.00. The van der Waals surface area contributed by atoms with Gasteiger partial charge < -0.3 is 14.1 Å². The third-order valence-electron chi connectivity index (χ3n) is 5.52. The molecule has 0 aromatic carbocycles. The first-order chi connectivity index (χ1) is 13.3. The molecule has 27 heavy (non-hydrogen) atoms. The Hall–Kier alpha value is -2.12. The third-order valence-corrected chi connectivity index (χ3v) is 5.52. The number of hydrogen-bond acceptors (Lipinski definition) is 5. The Morgan fingerprint density at radius 2 is 2.11 bits per heavy atom. The molecule has 1 unspecified atom stereocenters. The summed E-state index contributed by atoms with van der Waals surface area (Å²) >= 11 is 0. The largest absolute Gasteiger partial charge is 0.467 e. The van der Waals surface area contributed by atoms with E-state index in [0.717, 1.165) is 71.0 Å². The number of likely N-dealkylation sites (tertiary alicyclic amines) is 1. The average Bonchev–Trinajstić information content (AvgIpc) is 3.39. The van der Waals surface area contributed by atoms with E-state index in [4.69, 9.17) is 9.15 Å². The van der Waals surface area contributed by atoms with Crippen LogP contribution in [0.3, 0.4) is 0 Å². The summed E-state index contributed by atoms with van der Waals surface area (Å²) in [6.07, 6.45) is 9.65. The minimum absolute atomic E-state index is 0.0946. The van der Waals surface area contributed by atoms with E-state index in [0.29, 0.717) is 5.56 Å². The number of morpholine rings is 1.